The predicted octanol–water partition coefficient (Wildman–Crippen LogP) is 1.58. The molecule has 0 unspecified atom stereocenters. The quantitative estimate of drug-likeness (QED) is 0.548. The molecule has 2 aromatic rings. The lowest BCUT2D eigenvalue weighted by Gasteiger charge is -2.05. The average molecular weight is 342 g/mol. The summed E-state index contributed by atoms with van der Waals surface area (Å²) >= 11 is 0. The molecule has 0 aliphatic rings. The molecule has 0 radical (unpaired) electrons. The van der Waals surface area contributed by atoms with Crippen molar-refractivity contribution in [2.24, 2.45) is 5.10 Å². The van der Waals surface area contributed by atoms with E-state index in [1.54, 1.807) is 13.1 Å². The third-order valence-electron chi connectivity index (χ3n) is 3.86. The van der Waals surface area contributed by atoms with E-state index < -0.39 is 11.2 Å². The van der Waals surface area contributed by atoms with Crippen LogP contribution in [0.5, 0.6) is 0 Å². The van der Waals surface area contributed by atoms with Gasteiger partial charge in [0.1, 0.15) is 0 Å². The number of H-pyrrole nitrogens is 2. The first-order chi connectivity index (χ1) is 11.9. The van der Waals surface area contributed by atoms with Gasteiger partial charge in [0.05, 0.1) is 6.21 Å². The summed E-state index contributed by atoms with van der Waals surface area (Å²) in [6.07, 6.45) is 1.89. The van der Waals surface area contributed by atoms with Gasteiger partial charge in [-0.05, 0) is 30.4 Å². The molecule has 25 heavy (non-hydrogen) atoms. The summed E-state index contributed by atoms with van der Waals surface area (Å²) in [5.41, 5.74) is 4.40. The van der Waals surface area contributed by atoms with E-state index in [0.29, 0.717) is 17.2 Å². The molecular formula is C18H22N4O3. The van der Waals surface area contributed by atoms with Gasteiger partial charge in [-0.1, -0.05) is 38.1 Å². The van der Waals surface area contributed by atoms with Crippen LogP contribution in [-0.4, -0.2) is 22.1 Å². The monoisotopic (exact) mass is 342 g/mol. The molecule has 0 saturated carbocycles. The number of aryl methyl sites for hydroxylation is 1. The van der Waals surface area contributed by atoms with Gasteiger partial charge in [-0.3, -0.25) is 14.6 Å². The second-order valence-electron chi connectivity index (χ2n) is 6.13. The van der Waals surface area contributed by atoms with Crippen molar-refractivity contribution in [2.75, 3.05) is 0 Å². The van der Waals surface area contributed by atoms with Crippen molar-refractivity contribution >= 4 is 12.1 Å². The van der Waals surface area contributed by atoms with Crippen molar-refractivity contribution in [1.82, 2.24) is 15.4 Å². The highest BCUT2D eigenvalue weighted by Gasteiger charge is 2.08. The predicted molar refractivity (Wildman–Crippen MR) is 97.0 cm³/mol. The summed E-state index contributed by atoms with van der Waals surface area (Å²) in [7, 11) is 0. The first-order valence-corrected chi connectivity index (χ1v) is 8.10. The summed E-state index contributed by atoms with van der Waals surface area (Å²) in [6.45, 7) is 5.87. The van der Waals surface area contributed by atoms with Gasteiger partial charge in [0.25, 0.3) is 5.56 Å². The highest BCUT2D eigenvalue weighted by molar-refractivity contribution is 5.82. The SMILES string of the molecule is Cc1[nH]c(=O)[nH]c(=O)c1CCC(=O)N/N=C/c1ccc(C(C)C)cc1. The summed E-state index contributed by atoms with van der Waals surface area (Å²) < 4.78 is 0. The Hall–Kier alpha value is -2.96. The lowest BCUT2D eigenvalue weighted by Crippen LogP contribution is -2.28. The highest BCUT2D eigenvalue weighted by Crippen LogP contribution is 2.13. The fourth-order valence-electron chi connectivity index (χ4n) is 2.37. The molecule has 1 amide bonds. The van der Waals surface area contributed by atoms with Crippen LogP contribution in [-0.2, 0) is 11.2 Å². The number of carbonyl (C=O) groups excluding carboxylic acids is 1. The molecule has 0 aliphatic heterocycles. The van der Waals surface area contributed by atoms with Crippen LogP contribution in [0.25, 0.3) is 0 Å². The van der Waals surface area contributed by atoms with Crippen LogP contribution in [0.2, 0.25) is 0 Å². The van der Waals surface area contributed by atoms with E-state index in [-0.39, 0.29) is 18.7 Å². The highest BCUT2D eigenvalue weighted by atomic mass is 16.2. The number of aromatic nitrogens is 2. The summed E-state index contributed by atoms with van der Waals surface area (Å²) in [5.74, 6) is 0.158. The lowest BCUT2D eigenvalue weighted by molar-refractivity contribution is -0.121. The summed E-state index contributed by atoms with van der Waals surface area (Å²) in [5, 5.41) is 3.92. The first-order valence-electron chi connectivity index (χ1n) is 8.10. The Bertz CT molecular complexity index is 876. The number of nitrogens with one attached hydrogen (secondary N) is 3. The maximum Gasteiger partial charge on any atom is 0.325 e. The van der Waals surface area contributed by atoms with Crippen LogP contribution in [0.4, 0.5) is 0 Å². The number of benzene rings is 1. The molecule has 1 heterocycles. The maximum absolute atomic E-state index is 11.8. The van der Waals surface area contributed by atoms with Crippen LogP contribution in [0, 0.1) is 6.92 Å². The summed E-state index contributed by atoms with van der Waals surface area (Å²) in [4.78, 5) is 39.3. The van der Waals surface area contributed by atoms with Gasteiger partial charge in [0.2, 0.25) is 5.91 Å². The van der Waals surface area contributed by atoms with E-state index in [1.165, 1.54) is 5.56 Å². The molecule has 0 fully saturated rings. The number of hydrazone groups is 1. The van der Waals surface area contributed by atoms with E-state index in [4.69, 9.17) is 0 Å². The molecule has 0 atom stereocenters. The fourth-order valence-corrected chi connectivity index (χ4v) is 2.37. The molecule has 7 heteroatoms. The fraction of sp³-hybridized carbons (Fsp3) is 0.333. The summed E-state index contributed by atoms with van der Waals surface area (Å²) in [6, 6.07) is 7.93. The molecule has 1 aromatic carbocycles. The van der Waals surface area contributed by atoms with Gasteiger partial charge >= 0.3 is 5.69 Å². The minimum atomic E-state index is -0.552. The molecule has 2 rings (SSSR count). The van der Waals surface area contributed by atoms with Gasteiger partial charge in [-0.25, -0.2) is 10.2 Å². The second-order valence-corrected chi connectivity index (χ2v) is 6.13. The minimum Gasteiger partial charge on any atom is -0.311 e. The number of carbonyl (C=O) groups is 1. The van der Waals surface area contributed by atoms with Gasteiger partial charge < -0.3 is 4.98 Å². The van der Waals surface area contributed by atoms with E-state index in [2.05, 4.69) is 34.3 Å². The standard InChI is InChI=1S/C18H22N4O3/c1-11(2)14-6-4-13(5-7-14)10-19-22-16(23)9-8-15-12(3)20-18(25)21-17(15)24/h4-7,10-11H,8-9H2,1-3H3,(H,22,23)(H2,20,21,24,25)/b19-10+. The second kappa shape index (κ2) is 8.23. The third-order valence-corrected chi connectivity index (χ3v) is 3.86. The van der Waals surface area contributed by atoms with Crippen LogP contribution in [0.15, 0.2) is 39.0 Å². The average Bonchev–Trinajstić information content (AvgIpc) is 2.54. The molecule has 0 spiro atoms. The minimum absolute atomic E-state index is 0.0968. The zero-order valence-electron chi connectivity index (χ0n) is 14.6. The van der Waals surface area contributed by atoms with Crippen LogP contribution < -0.4 is 16.7 Å². The number of amides is 1. The van der Waals surface area contributed by atoms with Crippen LogP contribution >= 0.6 is 0 Å². The van der Waals surface area contributed by atoms with Gasteiger partial charge in [-0.2, -0.15) is 5.10 Å². The Morgan fingerprint density at radius 2 is 1.88 bits per heavy atom. The van der Waals surface area contributed by atoms with Gasteiger partial charge in [0, 0.05) is 17.7 Å². The normalized spacial score (nSPS) is 11.2. The molecule has 0 bridgehead atoms. The molecule has 0 saturated heterocycles. The zero-order chi connectivity index (χ0) is 18.4. The van der Waals surface area contributed by atoms with E-state index in [1.807, 2.05) is 24.3 Å². The maximum atomic E-state index is 11.8. The number of rotatable bonds is 6. The van der Waals surface area contributed by atoms with Gasteiger partial charge in [-0.15, -0.1) is 0 Å². The lowest BCUT2D eigenvalue weighted by atomic mass is 10.0. The Morgan fingerprint density at radius 1 is 1.20 bits per heavy atom. The van der Waals surface area contributed by atoms with Crippen molar-refractivity contribution in [3.63, 3.8) is 0 Å². The van der Waals surface area contributed by atoms with Crippen molar-refractivity contribution in [2.45, 2.75) is 39.5 Å². The van der Waals surface area contributed by atoms with Crippen molar-refractivity contribution in [3.05, 3.63) is 67.5 Å². The molecular weight excluding hydrogens is 320 g/mol. The van der Waals surface area contributed by atoms with E-state index in [0.717, 1.165) is 5.56 Å². The third kappa shape index (κ3) is 5.27. The molecule has 7 nitrogen and oxygen atoms in total. The largest absolute Gasteiger partial charge is 0.325 e. The van der Waals surface area contributed by atoms with E-state index >= 15 is 0 Å². The number of aromatic amines is 2. The van der Waals surface area contributed by atoms with Crippen LogP contribution in [0.1, 0.15) is 48.6 Å². The smallest absolute Gasteiger partial charge is 0.311 e. The molecule has 132 valence electrons. The number of nitrogens with zero attached hydrogens (tertiary/aromatic N) is 1. The Kier molecular flexibility index (Phi) is 6.05. The molecule has 3 N–H and O–H groups in total. The molecule has 1 aromatic heterocycles. The Labute approximate surface area is 145 Å². The Balaban J connectivity index is 1.88. The number of hydrogen-bond acceptors (Lipinski definition) is 4. The van der Waals surface area contributed by atoms with Crippen molar-refractivity contribution in [1.29, 1.82) is 0 Å². The van der Waals surface area contributed by atoms with E-state index in [9.17, 15) is 14.4 Å². The Morgan fingerprint density at radius 3 is 2.48 bits per heavy atom. The topological polar surface area (TPSA) is 107 Å². The molecule has 0 aliphatic carbocycles. The van der Waals surface area contributed by atoms with Crippen LogP contribution in [0.3, 0.4) is 0 Å². The van der Waals surface area contributed by atoms with Gasteiger partial charge in [0.15, 0.2) is 0 Å². The zero-order valence-corrected chi connectivity index (χ0v) is 14.6. The number of hydrogen-bond donors (Lipinski definition) is 3. The van der Waals surface area contributed by atoms with Crippen molar-refractivity contribution < 1.29 is 4.79 Å². The van der Waals surface area contributed by atoms with Crippen molar-refractivity contribution in [3.8, 4) is 0 Å². The first kappa shape index (κ1) is 18.4.